The van der Waals surface area contributed by atoms with E-state index in [9.17, 15) is 14.4 Å². The highest BCUT2D eigenvalue weighted by Crippen LogP contribution is 2.36. The Morgan fingerprint density at radius 3 is 2.15 bits per heavy atom. The van der Waals surface area contributed by atoms with Gasteiger partial charge in [-0.15, -0.1) is 0 Å². The number of rotatable bonds is 8. The first kappa shape index (κ1) is 35.9. The summed E-state index contributed by atoms with van der Waals surface area (Å²) in [6.07, 6.45) is 1.81. The normalized spacial score (nSPS) is 15.3. The fourth-order valence-corrected chi connectivity index (χ4v) is 7.85. The fourth-order valence-electron chi connectivity index (χ4n) is 7.85. The summed E-state index contributed by atoms with van der Waals surface area (Å²) in [5, 5.41) is 0. The zero-order chi connectivity index (χ0) is 37.4. The summed E-state index contributed by atoms with van der Waals surface area (Å²) < 4.78 is 2.03. The number of benzene rings is 4. The number of nitrogens with zero attached hydrogens (tertiary/aromatic N) is 5. The van der Waals surface area contributed by atoms with Gasteiger partial charge in [-0.3, -0.25) is 14.4 Å². The van der Waals surface area contributed by atoms with Gasteiger partial charge in [0, 0.05) is 74.5 Å². The maximum atomic E-state index is 14.8. The lowest BCUT2D eigenvalue weighted by Crippen LogP contribution is -2.43. The predicted octanol–water partition coefficient (Wildman–Crippen LogP) is 7.05. The molecule has 2 aliphatic rings. The number of carbonyl (C=O) groups is 3. The van der Waals surface area contributed by atoms with Crippen LogP contribution in [0.1, 0.15) is 66.7 Å². The van der Waals surface area contributed by atoms with Gasteiger partial charge in [-0.05, 0) is 104 Å². The number of aromatic nitrogens is 1. The molecule has 0 aliphatic carbocycles. The van der Waals surface area contributed by atoms with Crippen molar-refractivity contribution in [3.63, 3.8) is 0 Å². The van der Waals surface area contributed by atoms with Crippen molar-refractivity contribution in [1.29, 1.82) is 0 Å². The molecule has 8 nitrogen and oxygen atoms in total. The molecule has 8 heteroatoms. The van der Waals surface area contributed by atoms with Crippen LogP contribution in [-0.4, -0.2) is 70.7 Å². The molecule has 0 fully saturated rings. The number of anilines is 1. The third kappa shape index (κ3) is 7.29. The van der Waals surface area contributed by atoms with Gasteiger partial charge in [0.2, 0.25) is 5.91 Å². The van der Waals surface area contributed by atoms with Crippen LogP contribution in [0.4, 0.5) is 5.69 Å². The lowest BCUT2D eigenvalue weighted by atomic mass is 9.89. The zero-order valence-corrected chi connectivity index (χ0v) is 31.7. The number of amides is 3. The summed E-state index contributed by atoms with van der Waals surface area (Å²) >= 11 is 0. The monoisotopic (exact) mass is 707 g/mol. The second-order valence-electron chi connectivity index (χ2n) is 15.0. The molecule has 53 heavy (non-hydrogen) atoms. The summed E-state index contributed by atoms with van der Waals surface area (Å²) in [6.45, 7) is 6.51. The first-order valence-corrected chi connectivity index (χ1v) is 18.5. The topological polar surface area (TPSA) is 69.1 Å². The van der Waals surface area contributed by atoms with Gasteiger partial charge < -0.3 is 24.2 Å². The predicted molar refractivity (Wildman–Crippen MR) is 211 cm³/mol. The van der Waals surface area contributed by atoms with E-state index in [1.54, 1.807) is 11.9 Å². The Morgan fingerprint density at radius 2 is 1.43 bits per heavy atom. The van der Waals surface area contributed by atoms with Crippen LogP contribution in [0, 0.1) is 6.92 Å². The number of hydrogen-bond acceptors (Lipinski definition) is 4. The Morgan fingerprint density at radius 1 is 0.755 bits per heavy atom. The average Bonchev–Trinajstić information content (AvgIpc) is 3.46. The molecule has 4 aromatic carbocycles. The Kier molecular flexibility index (Phi) is 10.1. The van der Waals surface area contributed by atoms with E-state index in [0.717, 1.165) is 57.9 Å². The standard InChI is InChI=1S/C45H49N5O3/c1-30-22-34-12-10-11-13-36(34)29-50(30)45(53)41-25-37-28-49(43(51)23-32-16-18-33(19-17-32)27-46(3)4)21-20-35(37)24-40(41)42-26-39(31(2)47(42)5)44(52)48(6)38-14-8-7-9-15-38/h7-19,24-26,30H,20-23,27-29H2,1-6H3/t30-/m1/s1. The molecule has 0 unspecified atom stereocenters. The molecule has 3 heterocycles. The molecule has 1 aromatic heterocycles. The van der Waals surface area contributed by atoms with Gasteiger partial charge in [-0.1, -0.05) is 66.7 Å². The third-order valence-corrected chi connectivity index (χ3v) is 11.1. The Balaban J connectivity index is 1.23. The maximum Gasteiger partial charge on any atom is 0.259 e. The van der Waals surface area contributed by atoms with Crippen molar-refractivity contribution >= 4 is 23.4 Å². The van der Waals surface area contributed by atoms with Crippen molar-refractivity contribution in [3.8, 4) is 11.3 Å². The van der Waals surface area contributed by atoms with Crippen molar-refractivity contribution in [2.75, 3.05) is 32.6 Å². The van der Waals surface area contributed by atoms with Crippen LogP contribution >= 0.6 is 0 Å². The molecule has 7 rings (SSSR count). The highest BCUT2D eigenvalue weighted by molar-refractivity contribution is 6.08. The van der Waals surface area contributed by atoms with Gasteiger partial charge in [0.05, 0.1) is 12.0 Å². The fraction of sp³-hybridized carbons (Fsp3) is 0.311. The first-order valence-electron chi connectivity index (χ1n) is 18.5. The van der Waals surface area contributed by atoms with Crippen LogP contribution in [0.25, 0.3) is 11.3 Å². The van der Waals surface area contributed by atoms with Gasteiger partial charge in [0.15, 0.2) is 0 Å². The van der Waals surface area contributed by atoms with Crippen LogP contribution in [0.15, 0.2) is 97.1 Å². The quantitative estimate of drug-likeness (QED) is 0.173. The molecule has 5 aromatic rings. The largest absolute Gasteiger partial charge is 0.347 e. The SMILES string of the molecule is Cc1c(C(=O)N(C)c2ccccc2)cc(-c2cc3c(cc2C(=O)N2Cc4ccccc4C[C@H]2C)CN(C(=O)Cc2ccc(CN(C)C)cc2)CC3)n1C. The first-order chi connectivity index (χ1) is 25.5. The van der Waals surface area contributed by atoms with Gasteiger partial charge in [0.25, 0.3) is 11.8 Å². The van der Waals surface area contributed by atoms with E-state index in [4.69, 9.17) is 0 Å². The van der Waals surface area contributed by atoms with Crippen LogP contribution in [-0.2, 0) is 50.7 Å². The van der Waals surface area contributed by atoms with Crippen LogP contribution < -0.4 is 4.90 Å². The van der Waals surface area contributed by atoms with Crippen molar-refractivity contribution in [2.24, 2.45) is 7.05 Å². The molecule has 0 saturated heterocycles. The van der Waals surface area contributed by atoms with Gasteiger partial charge >= 0.3 is 0 Å². The molecule has 272 valence electrons. The molecular weight excluding hydrogens is 659 g/mol. The lowest BCUT2D eigenvalue weighted by Gasteiger charge is -2.36. The minimum absolute atomic E-state index is 0.00952. The molecule has 0 saturated carbocycles. The van der Waals surface area contributed by atoms with Gasteiger partial charge in [0.1, 0.15) is 0 Å². The number of fused-ring (bicyclic) bond motifs is 2. The smallest absolute Gasteiger partial charge is 0.259 e. The van der Waals surface area contributed by atoms with E-state index in [0.29, 0.717) is 43.6 Å². The number of hydrogen-bond donors (Lipinski definition) is 0. The summed E-state index contributed by atoms with van der Waals surface area (Å²) in [7, 11) is 7.85. The molecular formula is C45H49N5O3. The number of carbonyl (C=O) groups excluding carboxylic acids is 3. The van der Waals surface area contributed by atoms with Crippen molar-refractivity contribution in [1.82, 2.24) is 19.3 Å². The highest BCUT2D eigenvalue weighted by atomic mass is 16.2. The van der Waals surface area contributed by atoms with E-state index in [1.165, 1.54) is 11.1 Å². The van der Waals surface area contributed by atoms with Crippen LogP contribution in [0.3, 0.4) is 0 Å². The molecule has 2 aliphatic heterocycles. The summed E-state index contributed by atoms with van der Waals surface area (Å²) in [5.41, 5.74) is 11.2. The Labute approximate surface area is 313 Å². The lowest BCUT2D eigenvalue weighted by molar-refractivity contribution is -0.131. The Bertz CT molecular complexity index is 2170. The van der Waals surface area contributed by atoms with Crippen molar-refractivity contribution in [3.05, 3.63) is 147 Å². The van der Waals surface area contributed by atoms with E-state index >= 15 is 0 Å². The second kappa shape index (κ2) is 14.9. The average molecular weight is 708 g/mol. The zero-order valence-electron chi connectivity index (χ0n) is 31.7. The van der Waals surface area contributed by atoms with Crippen LogP contribution in [0.2, 0.25) is 0 Å². The molecule has 0 spiro atoms. The number of para-hydroxylation sites is 1. The van der Waals surface area contributed by atoms with Crippen LogP contribution in [0.5, 0.6) is 0 Å². The highest BCUT2D eigenvalue weighted by Gasteiger charge is 2.32. The third-order valence-electron chi connectivity index (χ3n) is 11.1. The minimum Gasteiger partial charge on any atom is -0.347 e. The van der Waals surface area contributed by atoms with Crippen molar-refractivity contribution < 1.29 is 14.4 Å². The summed E-state index contributed by atoms with van der Waals surface area (Å²) in [5.74, 6) is -0.0682. The van der Waals surface area contributed by atoms with E-state index < -0.39 is 0 Å². The van der Waals surface area contributed by atoms with E-state index in [2.05, 4.69) is 48.2 Å². The van der Waals surface area contributed by atoms with Gasteiger partial charge in [-0.2, -0.15) is 0 Å². The summed E-state index contributed by atoms with van der Waals surface area (Å²) in [6, 6.07) is 32.4. The Hall–Kier alpha value is -5.47. The molecule has 3 amide bonds. The molecule has 0 N–H and O–H groups in total. The van der Waals surface area contributed by atoms with E-state index in [1.807, 2.05) is 103 Å². The molecule has 0 radical (unpaired) electrons. The summed E-state index contributed by atoms with van der Waals surface area (Å²) in [4.78, 5) is 50.1. The van der Waals surface area contributed by atoms with Gasteiger partial charge in [-0.25, -0.2) is 0 Å². The maximum absolute atomic E-state index is 14.8. The second-order valence-corrected chi connectivity index (χ2v) is 15.0. The molecule has 0 bridgehead atoms. The minimum atomic E-state index is -0.107. The molecule has 1 atom stereocenters. The van der Waals surface area contributed by atoms with Crippen molar-refractivity contribution in [2.45, 2.75) is 58.8 Å². The van der Waals surface area contributed by atoms with E-state index in [-0.39, 0.29) is 23.8 Å².